The van der Waals surface area contributed by atoms with Gasteiger partial charge in [-0.1, -0.05) is 18.7 Å². The molecule has 1 aliphatic heterocycles. The first-order valence-corrected chi connectivity index (χ1v) is 9.07. The second-order valence-electron chi connectivity index (χ2n) is 7.02. The Morgan fingerprint density at radius 2 is 1.81 bits per heavy atom. The van der Waals surface area contributed by atoms with Crippen LogP contribution in [0.4, 0.5) is 11.5 Å². The highest BCUT2D eigenvalue weighted by molar-refractivity contribution is 5.98. The van der Waals surface area contributed by atoms with Gasteiger partial charge in [-0.25, -0.2) is 4.98 Å². The van der Waals surface area contributed by atoms with E-state index < -0.39 is 5.91 Å². The molecule has 1 amide bonds. The van der Waals surface area contributed by atoms with Crippen LogP contribution < -0.4 is 11.1 Å². The van der Waals surface area contributed by atoms with Gasteiger partial charge in [0.2, 0.25) is 0 Å². The number of nitrogens with two attached hydrogens (primary N) is 1. The van der Waals surface area contributed by atoms with Gasteiger partial charge in [0, 0.05) is 30.2 Å². The molecule has 2 heterocycles. The van der Waals surface area contributed by atoms with Gasteiger partial charge in [0.1, 0.15) is 5.82 Å². The summed E-state index contributed by atoms with van der Waals surface area (Å²) in [7, 11) is 0. The van der Waals surface area contributed by atoms with Gasteiger partial charge in [-0.15, -0.1) is 0 Å². The maximum absolute atomic E-state index is 11.6. The Kier molecular flexibility index (Phi) is 5.46. The molecule has 3 rings (SSSR count). The molecule has 27 heavy (non-hydrogen) atoms. The van der Waals surface area contributed by atoms with E-state index in [0.29, 0.717) is 11.4 Å². The lowest BCUT2D eigenvalue weighted by Gasteiger charge is -2.38. The molecule has 0 bridgehead atoms. The molecule has 0 saturated carbocycles. The number of amides is 1. The number of aromatic nitrogens is 1. The minimum atomic E-state index is -0.509. The predicted molar refractivity (Wildman–Crippen MR) is 108 cm³/mol. The Balaban J connectivity index is 1.75. The van der Waals surface area contributed by atoms with E-state index in [1.54, 1.807) is 12.1 Å². The number of carbonyl (C=O) groups excluding carboxylic acids is 1. The number of nitrogens with zero attached hydrogens (tertiary/aromatic N) is 2. The number of pyridine rings is 1. The third-order valence-corrected chi connectivity index (χ3v) is 4.58. The highest BCUT2D eigenvalue weighted by Gasteiger charge is 2.23. The molecule has 0 spiro atoms. The number of nitrogens with one attached hydrogen (secondary N) is 1. The topological polar surface area (TPSA) is 80.5 Å². The molecule has 1 aromatic carbocycles. The van der Waals surface area contributed by atoms with Crippen molar-refractivity contribution in [2.24, 2.45) is 5.73 Å². The number of rotatable bonds is 5. The standard InChI is InChI=1S/C21H26N4O2/c1-13-5-10-19(20(22)26)21(23-13)24-18-8-6-17(7-9-18)16(4)25-11-14(2)27-15(3)12-25/h5-10,14-15H,4,11-12H2,1-3H3,(H2,22,26)(H,23,24). The zero-order valence-electron chi connectivity index (χ0n) is 16.0. The smallest absolute Gasteiger partial charge is 0.252 e. The lowest BCUT2D eigenvalue weighted by atomic mass is 10.1. The largest absolute Gasteiger partial charge is 0.372 e. The molecular formula is C21H26N4O2. The van der Waals surface area contributed by atoms with Crippen LogP contribution in [0.1, 0.15) is 35.5 Å². The average molecular weight is 366 g/mol. The van der Waals surface area contributed by atoms with Gasteiger partial charge < -0.3 is 20.7 Å². The van der Waals surface area contributed by atoms with E-state index in [-0.39, 0.29) is 12.2 Å². The number of carbonyl (C=O) groups is 1. The maximum Gasteiger partial charge on any atom is 0.252 e. The SMILES string of the molecule is C=C(c1ccc(Nc2nc(C)ccc2C(N)=O)cc1)N1CC(C)OC(C)C1. The first-order chi connectivity index (χ1) is 12.8. The van der Waals surface area contributed by atoms with Crippen LogP contribution in [0.25, 0.3) is 5.70 Å². The molecule has 2 atom stereocenters. The van der Waals surface area contributed by atoms with Crippen molar-refractivity contribution >= 4 is 23.1 Å². The van der Waals surface area contributed by atoms with Crippen LogP contribution in [0.3, 0.4) is 0 Å². The summed E-state index contributed by atoms with van der Waals surface area (Å²) in [6, 6.07) is 11.4. The molecule has 6 heteroatoms. The van der Waals surface area contributed by atoms with Crippen LogP contribution in [0, 0.1) is 6.92 Å². The fourth-order valence-corrected chi connectivity index (χ4v) is 3.31. The molecule has 1 fully saturated rings. The van der Waals surface area contributed by atoms with Gasteiger partial charge in [-0.2, -0.15) is 0 Å². The zero-order chi connectivity index (χ0) is 19.6. The molecular weight excluding hydrogens is 340 g/mol. The van der Waals surface area contributed by atoms with Crippen molar-refractivity contribution in [3.05, 3.63) is 59.8 Å². The van der Waals surface area contributed by atoms with E-state index in [4.69, 9.17) is 10.5 Å². The first-order valence-electron chi connectivity index (χ1n) is 9.07. The molecule has 0 aliphatic carbocycles. The molecule has 1 aromatic heterocycles. The minimum absolute atomic E-state index is 0.186. The van der Waals surface area contributed by atoms with Crippen molar-refractivity contribution in [2.75, 3.05) is 18.4 Å². The summed E-state index contributed by atoms with van der Waals surface area (Å²) in [5.74, 6) is -0.0459. The van der Waals surface area contributed by atoms with Gasteiger partial charge in [-0.3, -0.25) is 4.79 Å². The fourth-order valence-electron chi connectivity index (χ4n) is 3.31. The summed E-state index contributed by atoms with van der Waals surface area (Å²) in [4.78, 5) is 18.3. The lowest BCUT2D eigenvalue weighted by Crippen LogP contribution is -2.44. The third kappa shape index (κ3) is 4.46. The van der Waals surface area contributed by atoms with Crippen molar-refractivity contribution in [3.8, 4) is 0 Å². The number of ether oxygens (including phenoxy) is 1. The lowest BCUT2D eigenvalue weighted by molar-refractivity contribution is -0.0508. The number of anilines is 2. The summed E-state index contributed by atoms with van der Waals surface area (Å²) in [5, 5.41) is 3.18. The third-order valence-electron chi connectivity index (χ3n) is 4.58. The first kappa shape index (κ1) is 18.9. The maximum atomic E-state index is 11.6. The number of benzene rings is 1. The second kappa shape index (κ2) is 7.80. The molecule has 2 unspecified atom stereocenters. The summed E-state index contributed by atoms with van der Waals surface area (Å²) >= 11 is 0. The van der Waals surface area contributed by atoms with Crippen molar-refractivity contribution in [2.45, 2.75) is 33.0 Å². The monoisotopic (exact) mass is 366 g/mol. The highest BCUT2D eigenvalue weighted by Crippen LogP contribution is 2.25. The molecule has 6 nitrogen and oxygen atoms in total. The summed E-state index contributed by atoms with van der Waals surface area (Å²) in [6.45, 7) is 11.9. The molecule has 3 N–H and O–H groups in total. The zero-order valence-corrected chi connectivity index (χ0v) is 16.0. The van der Waals surface area contributed by atoms with E-state index in [1.807, 2.05) is 31.2 Å². The van der Waals surface area contributed by atoms with Crippen LogP contribution in [0.2, 0.25) is 0 Å². The Morgan fingerprint density at radius 1 is 1.19 bits per heavy atom. The van der Waals surface area contributed by atoms with Gasteiger partial charge in [0.15, 0.2) is 0 Å². The second-order valence-corrected chi connectivity index (χ2v) is 7.02. The highest BCUT2D eigenvalue weighted by atomic mass is 16.5. The van der Waals surface area contributed by atoms with Crippen molar-refractivity contribution in [3.63, 3.8) is 0 Å². The van der Waals surface area contributed by atoms with Crippen LogP contribution in [-0.2, 0) is 4.74 Å². The minimum Gasteiger partial charge on any atom is -0.372 e. The Labute approximate surface area is 160 Å². The normalized spacial score (nSPS) is 19.6. The molecule has 0 radical (unpaired) electrons. The van der Waals surface area contributed by atoms with Gasteiger partial charge in [0.05, 0.1) is 17.8 Å². The average Bonchev–Trinajstić information content (AvgIpc) is 2.61. The van der Waals surface area contributed by atoms with E-state index in [0.717, 1.165) is 35.7 Å². The summed E-state index contributed by atoms with van der Waals surface area (Å²) in [6.07, 6.45) is 0.372. The van der Waals surface area contributed by atoms with E-state index in [9.17, 15) is 4.79 Å². The number of morpholine rings is 1. The van der Waals surface area contributed by atoms with Gasteiger partial charge in [0.25, 0.3) is 5.91 Å². The molecule has 1 saturated heterocycles. The van der Waals surface area contributed by atoms with Crippen molar-refractivity contribution in [1.29, 1.82) is 0 Å². The fraction of sp³-hybridized carbons (Fsp3) is 0.333. The van der Waals surface area contributed by atoms with Crippen molar-refractivity contribution < 1.29 is 9.53 Å². The van der Waals surface area contributed by atoms with E-state index in [1.165, 1.54) is 0 Å². The number of primary amides is 1. The van der Waals surface area contributed by atoms with Crippen molar-refractivity contribution in [1.82, 2.24) is 9.88 Å². The van der Waals surface area contributed by atoms with Crippen LogP contribution in [0.15, 0.2) is 43.0 Å². The molecule has 1 aliphatic rings. The predicted octanol–water partition coefficient (Wildman–Crippen LogP) is 3.31. The number of aryl methyl sites for hydroxylation is 1. The Hall–Kier alpha value is -2.86. The Morgan fingerprint density at radius 3 is 2.41 bits per heavy atom. The van der Waals surface area contributed by atoms with Gasteiger partial charge >= 0.3 is 0 Å². The van der Waals surface area contributed by atoms with E-state index in [2.05, 4.69) is 35.6 Å². The summed E-state index contributed by atoms with van der Waals surface area (Å²) in [5.41, 5.74) is 9.48. The number of hydrogen-bond acceptors (Lipinski definition) is 5. The molecule has 142 valence electrons. The molecule has 2 aromatic rings. The van der Waals surface area contributed by atoms with E-state index >= 15 is 0 Å². The summed E-state index contributed by atoms with van der Waals surface area (Å²) < 4.78 is 5.79. The van der Waals surface area contributed by atoms with Crippen LogP contribution in [0.5, 0.6) is 0 Å². The number of hydrogen-bond donors (Lipinski definition) is 2. The quantitative estimate of drug-likeness (QED) is 0.848. The van der Waals surface area contributed by atoms with Crippen LogP contribution >= 0.6 is 0 Å². The Bertz CT molecular complexity index is 838. The van der Waals surface area contributed by atoms with Crippen LogP contribution in [-0.4, -0.2) is 41.1 Å². The van der Waals surface area contributed by atoms with Gasteiger partial charge in [-0.05, 0) is 50.6 Å².